The van der Waals surface area contributed by atoms with Gasteiger partial charge in [0.05, 0.1) is 12.8 Å². The smallest absolute Gasteiger partial charge is 0.224 e. The van der Waals surface area contributed by atoms with Gasteiger partial charge >= 0.3 is 0 Å². The van der Waals surface area contributed by atoms with Crippen molar-refractivity contribution < 1.29 is 14.3 Å². The third-order valence-corrected chi connectivity index (χ3v) is 5.46. The van der Waals surface area contributed by atoms with Gasteiger partial charge in [-0.1, -0.05) is 12.1 Å². The number of hydrogen-bond donors (Lipinski definition) is 1. The summed E-state index contributed by atoms with van der Waals surface area (Å²) >= 11 is 0. The zero-order valence-corrected chi connectivity index (χ0v) is 19.7. The number of amides is 1. The molecule has 0 atom stereocenters. The topological polar surface area (TPSA) is 91.2 Å². The number of imidazole rings is 1. The average Bonchev–Trinajstić information content (AvgIpc) is 3.17. The van der Waals surface area contributed by atoms with Gasteiger partial charge in [-0.15, -0.1) is 0 Å². The second kappa shape index (κ2) is 10.2. The van der Waals surface area contributed by atoms with Gasteiger partial charge in [0.15, 0.2) is 0 Å². The standard InChI is InChI=1S/C26H27N5O3/c1-17-18(2)31(16-27-17)24-15-26(29-19(3)28-24)34-23-12-8-21(9-13-23)30-25(32)14-7-20-5-10-22(33-4)11-6-20/h5-6,8-13,15-16H,7,14H2,1-4H3,(H,30,32). The SMILES string of the molecule is COc1ccc(CCC(=O)Nc2ccc(Oc3cc(-n4cnc(C)c4C)nc(C)n3)cc2)cc1. The number of aromatic nitrogens is 4. The lowest BCUT2D eigenvalue weighted by atomic mass is 10.1. The molecule has 2 aromatic carbocycles. The Morgan fingerprint density at radius 1 is 0.971 bits per heavy atom. The van der Waals surface area contributed by atoms with Crippen molar-refractivity contribution in [3.05, 3.63) is 83.7 Å². The molecule has 2 heterocycles. The van der Waals surface area contributed by atoms with Crippen LogP contribution in [0.2, 0.25) is 0 Å². The molecule has 0 saturated heterocycles. The molecule has 0 saturated carbocycles. The number of benzene rings is 2. The highest BCUT2D eigenvalue weighted by Crippen LogP contribution is 2.24. The number of ether oxygens (including phenoxy) is 2. The number of hydrogen-bond acceptors (Lipinski definition) is 6. The van der Waals surface area contributed by atoms with Crippen molar-refractivity contribution in [1.29, 1.82) is 0 Å². The third kappa shape index (κ3) is 5.58. The summed E-state index contributed by atoms with van der Waals surface area (Å²) in [6.45, 7) is 5.76. The highest BCUT2D eigenvalue weighted by Gasteiger charge is 2.10. The van der Waals surface area contributed by atoms with Crippen LogP contribution in [0.15, 0.2) is 60.9 Å². The van der Waals surface area contributed by atoms with Crippen LogP contribution in [0.25, 0.3) is 5.82 Å². The molecule has 8 nitrogen and oxygen atoms in total. The Balaban J connectivity index is 1.36. The van der Waals surface area contributed by atoms with Gasteiger partial charge in [-0.05, 0) is 69.2 Å². The molecule has 174 valence electrons. The summed E-state index contributed by atoms with van der Waals surface area (Å²) in [5, 5.41) is 2.92. The van der Waals surface area contributed by atoms with Crippen LogP contribution in [0.4, 0.5) is 5.69 Å². The molecule has 0 radical (unpaired) electrons. The summed E-state index contributed by atoms with van der Waals surface area (Å²) in [7, 11) is 1.63. The number of aryl methyl sites for hydroxylation is 3. The first-order chi connectivity index (χ1) is 16.4. The van der Waals surface area contributed by atoms with E-state index in [4.69, 9.17) is 9.47 Å². The van der Waals surface area contributed by atoms with Crippen LogP contribution in [0, 0.1) is 20.8 Å². The minimum atomic E-state index is -0.0495. The number of carbonyl (C=O) groups excluding carboxylic acids is 1. The van der Waals surface area contributed by atoms with E-state index in [2.05, 4.69) is 20.3 Å². The van der Waals surface area contributed by atoms with Crippen LogP contribution in [0.3, 0.4) is 0 Å². The lowest BCUT2D eigenvalue weighted by Crippen LogP contribution is -2.12. The van der Waals surface area contributed by atoms with E-state index < -0.39 is 0 Å². The molecule has 1 amide bonds. The van der Waals surface area contributed by atoms with Crippen LogP contribution in [-0.4, -0.2) is 32.5 Å². The number of anilines is 1. The number of methoxy groups -OCH3 is 1. The Kier molecular flexibility index (Phi) is 6.87. The first kappa shape index (κ1) is 23.0. The quantitative estimate of drug-likeness (QED) is 0.402. The molecule has 0 unspecified atom stereocenters. The maximum Gasteiger partial charge on any atom is 0.224 e. The van der Waals surface area contributed by atoms with Crippen LogP contribution in [0.5, 0.6) is 17.4 Å². The van der Waals surface area contributed by atoms with E-state index in [9.17, 15) is 4.79 Å². The molecular weight excluding hydrogens is 430 g/mol. The van der Waals surface area contributed by atoms with Crippen LogP contribution >= 0.6 is 0 Å². The summed E-state index contributed by atoms with van der Waals surface area (Å²) in [4.78, 5) is 25.5. The Hall–Kier alpha value is -4.20. The van der Waals surface area contributed by atoms with Gasteiger partial charge < -0.3 is 14.8 Å². The number of nitrogens with one attached hydrogen (secondary N) is 1. The van der Waals surface area contributed by atoms with Crippen LogP contribution < -0.4 is 14.8 Å². The highest BCUT2D eigenvalue weighted by atomic mass is 16.5. The van der Waals surface area contributed by atoms with Gasteiger partial charge in [0.25, 0.3) is 0 Å². The minimum Gasteiger partial charge on any atom is -0.497 e. The second-order valence-electron chi connectivity index (χ2n) is 7.92. The van der Waals surface area contributed by atoms with Gasteiger partial charge in [-0.3, -0.25) is 9.36 Å². The highest BCUT2D eigenvalue weighted by molar-refractivity contribution is 5.90. The third-order valence-electron chi connectivity index (χ3n) is 5.46. The Morgan fingerprint density at radius 2 is 1.68 bits per heavy atom. The summed E-state index contributed by atoms with van der Waals surface area (Å²) in [5.41, 5.74) is 3.74. The fourth-order valence-corrected chi connectivity index (χ4v) is 3.43. The minimum absolute atomic E-state index is 0.0495. The molecule has 34 heavy (non-hydrogen) atoms. The normalized spacial score (nSPS) is 10.7. The predicted octanol–water partition coefficient (Wildman–Crippen LogP) is 4.96. The van der Waals surface area contributed by atoms with E-state index in [-0.39, 0.29) is 5.91 Å². The molecule has 0 bridgehead atoms. The van der Waals surface area contributed by atoms with E-state index in [1.54, 1.807) is 43.8 Å². The fourth-order valence-electron chi connectivity index (χ4n) is 3.43. The molecule has 0 aliphatic heterocycles. The Morgan fingerprint density at radius 3 is 2.32 bits per heavy atom. The molecule has 2 aromatic heterocycles. The van der Waals surface area contributed by atoms with Crippen molar-refractivity contribution in [3.63, 3.8) is 0 Å². The zero-order chi connectivity index (χ0) is 24.1. The summed E-state index contributed by atoms with van der Waals surface area (Å²) in [6.07, 6.45) is 2.78. The summed E-state index contributed by atoms with van der Waals surface area (Å²) in [5.74, 6) is 3.09. The molecular formula is C26H27N5O3. The molecule has 4 aromatic rings. The van der Waals surface area contributed by atoms with Crippen molar-refractivity contribution in [2.24, 2.45) is 0 Å². The first-order valence-electron chi connectivity index (χ1n) is 11.0. The van der Waals surface area contributed by atoms with Crippen molar-refractivity contribution in [3.8, 4) is 23.2 Å². The van der Waals surface area contributed by atoms with E-state index in [1.165, 1.54) is 0 Å². The maximum atomic E-state index is 12.3. The van der Waals surface area contributed by atoms with Gasteiger partial charge in [0, 0.05) is 23.9 Å². The lowest BCUT2D eigenvalue weighted by Gasteiger charge is -2.10. The molecule has 8 heteroatoms. The second-order valence-corrected chi connectivity index (χ2v) is 7.92. The number of carbonyl (C=O) groups is 1. The average molecular weight is 458 g/mol. The van der Waals surface area contributed by atoms with E-state index in [1.807, 2.05) is 49.6 Å². The van der Waals surface area contributed by atoms with Crippen LogP contribution in [-0.2, 0) is 11.2 Å². The number of rotatable bonds is 8. The van der Waals surface area contributed by atoms with Gasteiger partial charge in [-0.2, -0.15) is 4.98 Å². The molecule has 0 aliphatic rings. The van der Waals surface area contributed by atoms with Crippen molar-refractivity contribution in [1.82, 2.24) is 19.5 Å². The molecule has 0 spiro atoms. The Bertz CT molecular complexity index is 1280. The molecule has 4 rings (SSSR count). The first-order valence-corrected chi connectivity index (χ1v) is 11.0. The molecule has 1 N–H and O–H groups in total. The molecule has 0 aliphatic carbocycles. The lowest BCUT2D eigenvalue weighted by molar-refractivity contribution is -0.116. The fraction of sp³-hybridized carbons (Fsp3) is 0.231. The molecule has 0 fully saturated rings. The van der Waals surface area contributed by atoms with E-state index >= 15 is 0 Å². The Labute approximate surface area is 198 Å². The van der Waals surface area contributed by atoms with Gasteiger partial charge in [0.2, 0.25) is 11.8 Å². The van der Waals surface area contributed by atoms with Gasteiger partial charge in [-0.25, -0.2) is 9.97 Å². The van der Waals surface area contributed by atoms with Crippen LogP contribution in [0.1, 0.15) is 29.2 Å². The van der Waals surface area contributed by atoms with E-state index in [0.29, 0.717) is 41.8 Å². The van der Waals surface area contributed by atoms with Crippen molar-refractivity contribution in [2.75, 3.05) is 12.4 Å². The zero-order valence-electron chi connectivity index (χ0n) is 19.7. The van der Waals surface area contributed by atoms with E-state index in [0.717, 1.165) is 22.7 Å². The predicted molar refractivity (Wildman–Crippen MR) is 130 cm³/mol. The van der Waals surface area contributed by atoms with Gasteiger partial charge in [0.1, 0.15) is 29.5 Å². The summed E-state index contributed by atoms with van der Waals surface area (Å²) < 4.78 is 13.0. The maximum absolute atomic E-state index is 12.3. The van der Waals surface area contributed by atoms with Crippen molar-refractivity contribution >= 4 is 11.6 Å². The summed E-state index contributed by atoms with van der Waals surface area (Å²) in [6, 6.07) is 16.7. The largest absolute Gasteiger partial charge is 0.497 e. The van der Waals surface area contributed by atoms with Crippen molar-refractivity contribution in [2.45, 2.75) is 33.6 Å². The monoisotopic (exact) mass is 457 g/mol. The number of nitrogens with zero attached hydrogens (tertiary/aromatic N) is 4.